The van der Waals surface area contributed by atoms with Crippen LogP contribution >= 0.6 is 0 Å². The van der Waals surface area contributed by atoms with Crippen LogP contribution in [0.1, 0.15) is 21.5 Å². The molecule has 0 bridgehead atoms. The van der Waals surface area contributed by atoms with Gasteiger partial charge in [-0.15, -0.1) is 0 Å². The quantitative estimate of drug-likeness (QED) is 0.700. The summed E-state index contributed by atoms with van der Waals surface area (Å²) in [4.78, 5) is 35.6. The van der Waals surface area contributed by atoms with E-state index in [9.17, 15) is 14.4 Å². The molecular weight excluding hydrogens is 370 g/mol. The molecule has 0 saturated heterocycles. The zero-order valence-electron chi connectivity index (χ0n) is 15.6. The van der Waals surface area contributed by atoms with Crippen molar-refractivity contribution >= 4 is 17.5 Å². The van der Waals surface area contributed by atoms with Crippen LogP contribution < -0.4 is 20.9 Å². The van der Waals surface area contributed by atoms with E-state index < -0.39 is 0 Å². The normalized spacial score (nSPS) is 12.5. The molecule has 1 aliphatic heterocycles. The zero-order chi connectivity index (χ0) is 20.2. The first-order valence-corrected chi connectivity index (χ1v) is 9.17. The fourth-order valence-electron chi connectivity index (χ4n) is 3.06. The Morgan fingerprint density at radius 3 is 2.62 bits per heavy atom. The van der Waals surface area contributed by atoms with Crippen LogP contribution in [0.5, 0.6) is 5.75 Å². The molecule has 7 nitrogen and oxygen atoms in total. The standard InChI is InChI=1S/C22H19N3O4/c26-20-14-29-19-9-8-17(11-18(19)24-20)22(28)23-12-15-4-6-16(7-5-15)13-25-10-2-1-3-21(25)27/h1-11H,12-14H2,(H,23,28)(H,24,26). The van der Waals surface area contributed by atoms with Crippen LogP contribution in [0.4, 0.5) is 5.69 Å². The molecule has 0 radical (unpaired) electrons. The fraction of sp³-hybridized carbons (Fsp3) is 0.136. The molecular formula is C22H19N3O4. The van der Waals surface area contributed by atoms with Gasteiger partial charge in [-0.2, -0.15) is 0 Å². The van der Waals surface area contributed by atoms with Gasteiger partial charge < -0.3 is 19.9 Å². The molecule has 0 saturated carbocycles. The van der Waals surface area contributed by atoms with Crippen molar-refractivity contribution in [2.75, 3.05) is 11.9 Å². The number of amides is 2. The first kappa shape index (κ1) is 18.5. The number of aromatic nitrogens is 1. The lowest BCUT2D eigenvalue weighted by Gasteiger charge is -2.18. The SMILES string of the molecule is O=C1COc2ccc(C(=O)NCc3ccc(Cn4ccccc4=O)cc3)cc2N1. The van der Waals surface area contributed by atoms with Crippen molar-refractivity contribution in [3.05, 3.63) is 93.9 Å². The number of nitrogens with one attached hydrogen (secondary N) is 2. The average Bonchev–Trinajstić information content (AvgIpc) is 2.74. The number of carbonyl (C=O) groups is 2. The van der Waals surface area contributed by atoms with Crippen LogP contribution in [0.3, 0.4) is 0 Å². The molecule has 0 aliphatic carbocycles. The second-order valence-electron chi connectivity index (χ2n) is 6.71. The number of ether oxygens (including phenoxy) is 1. The predicted octanol–water partition coefficient (Wildman–Crippen LogP) is 2.16. The van der Waals surface area contributed by atoms with E-state index in [1.807, 2.05) is 30.3 Å². The van der Waals surface area contributed by atoms with E-state index in [1.54, 1.807) is 35.0 Å². The van der Waals surface area contributed by atoms with Crippen LogP contribution in [0.2, 0.25) is 0 Å². The lowest BCUT2D eigenvalue weighted by atomic mass is 10.1. The number of rotatable bonds is 5. The van der Waals surface area contributed by atoms with E-state index in [4.69, 9.17) is 4.74 Å². The highest BCUT2D eigenvalue weighted by molar-refractivity contribution is 5.99. The van der Waals surface area contributed by atoms with Crippen LogP contribution in [0.25, 0.3) is 0 Å². The Morgan fingerprint density at radius 2 is 1.83 bits per heavy atom. The van der Waals surface area contributed by atoms with Crippen molar-refractivity contribution in [2.24, 2.45) is 0 Å². The van der Waals surface area contributed by atoms with Crippen molar-refractivity contribution in [3.8, 4) is 5.75 Å². The molecule has 1 aliphatic rings. The monoisotopic (exact) mass is 389 g/mol. The van der Waals surface area contributed by atoms with Crippen molar-refractivity contribution in [1.29, 1.82) is 0 Å². The van der Waals surface area contributed by atoms with Crippen molar-refractivity contribution in [2.45, 2.75) is 13.1 Å². The Bertz CT molecular complexity index is 1120. The van der Waals surface area contributed by atoms with Gasteiger partial charge in [-0.1, -0.05) is 30.3 Å². The molecule has 146 valence electrons. The van der Waals surface area contributed by atoms with E-state index in [-0.39, 0.29) is 24.0 Å². The molecule has 2 heterocycles. The smallest absolute Gasteiger partial charge is 0.262 e. The van der Waals surface area contributed by atoms with Crippen LogP contribution in [0, 0.1) is 0 Å². The minimum atomic E-state index is -0.243. The third-order valence-electron chi connectivity index (χ3n) is 4.60. The molecule has 0 fully saturated rings. The predicted molar refractivity (Wildman–Crippen MR) is 108 cm³/mol. The summed E-state index contributed by atoms with van der Waals surface area (Å²) in [6, 6.07) is 17.7. The summed E-state index contributed by atoms with van der Waals surface area (Å²) in [6.07, 6.45) is 1.75. The van der Waals surface area contributed by atoms with Crippen molar-refractivity contribution in [3.63, 3.8) is 0 Å². The summed E-state index contributed by atoms with van der Waals surface area (Å²) in [5, 5.41) is 5.55. The summed E-state index contributed by atoms with van der Waals surface area (Å²) >= 11 is 0. The van der Waals surface area contributed by atoms with Crippen molar-refractivity contribution < 1.29 is 14.3 Å². The van der Waals surface area contributed by atoms with Gasteiger partial charge in [-0.3, -0.25) is 14.4 Å². The lowest BCUT2D eigenvalue weighted by molar-refractivity contribution is -0.118. The van der Waals surface area contributed by atoms with E-state index in [1.165, 1.54) is 6.07 Å². The number of pyridine rings is 1. The maximum absolute atomic E-state index is 12.4. The highest BCUT2D eigenvalue weighted by Crippen LogP contribution is 2.28. The maximum Gasteiger partial charge on any atom is 0.262 e. The Labute approximate surface area is 166 Å². The van der Waals surface area contributed by atoms with Crippen LogP contribution in [0.15, 0.2) is 71.7 Å². The molecule has 2 amide bonds. The zero-order valence-corrected chi connectivity index (χ0v) is 15.6. The third kappa shape index (κ3) is 4.35. The fourth-order valence-corrected chi connectivity index (χ4v) is 3.06. The highest BCUT2D eigenvalue weighted by atomic mass is 16.5. The first-order valence-electron chi connectivity index (χ1n) is 9.17. The number of carbonyl (C=O) groups excluding carboxylic acids is 2. The minimum absolute atomic E-state index is 0.0204. The molecule has 2 N–H and O–H groups in total. The number of nitrogens with zero attached hydrogens (tertiary/aromatic N) is 1. The van der Waals surface area contributed by atoms with E-state index in [0.29, 0.717) is 30.1 Å². The molecule has 7 heteroatoms. The Morgan fingerprint density at radius 1 is 1.03 bits per heavy atom. The van der Waals surface area contributed by atoms with Gasteiger partial charge in [0.2, 0.25) is 0 Å². The third-order valence-corrected chi connectivity index (χ3v) is 4.60. The second-order valence-corrected chi connectivity index (χ2v) is 6.71. The van der Waals surface area contributed by atoms with Gasteiger partial charge in [0.05, 0.1) is 12.2 Å². The summed E-state index contributed by atoms with van der Waals surface area (Å²) in [5.41, 5.74) is 2.83. The van der Waals surface area contributed by atoms with Gasteiger partial charge in [0.15, 0.2) is 6.61 Å². The maximum atomic E-state index is 12.4. The van der Waals surface area contributed by atoms with E-state index in [2.05, 4.69) is 10.6 Å². The molecule has 0 atom stereocenters. The topological polar surface area (TPSA) is 89.4 Å². The number of anilines is 1. The summed E-state index contributed by atoms with van der Waals surface area (Å²) in [6.45, 7) is 0.840. The lowest BCUT2D eigenvalue weighted by Crippen LogP contribution is -2.27. The molecule has 0 unspecified atom stereocenters. The Kier molecular flexibility index (Phi) is 5.11. The Hall–Kier alpha value is -3.87. The number of hydrogen-bond acceptors (Lipinski definition) is 4. The van der Waals surface area contributed by atoms with Crippen LogP contribution in [-0.2, 0) is 17.9 Å². The average molecular weight is 389 g/mol. The second kappa shape index (κ2) is 8.02. The van der Waals surface area contributed by atoms with Gasteiger partial charge in [-0.05, 0) is 35.4 Å². The summed E-state index contributed by atoms with van der Waals surface area (Å²) < 4.78 is 6.93. The van der Waals surface area contributed by atoms with Gasteiger partial charge in [-0.25, -0.2) is 0 Å². The number of fused-ring (bicyclic) bond motifs is 1. The van der Waals surface area contributed by atoms with E-state index in [0.717, 1.165) is 11.1 Å². The van der Waals surface area contributed by atoms with Gasteiger partial charge in [0, 0.05) is 24.4 Å². The number of benzene rings is 2. The number of hydrogen-bond donors (Lipinski definition) is 2. The van der Waals surface area contributed by atoms with Gasteiger partial charge in [0.25, 0.3) is 17.4 Å². The van der Waals surface area contributed by atoms with E-state index >= 15 is 0 Å². The molecule has 3 aromatic rings. The molecule has 1 aromatic heterocycles. The van der Waals surface area contributed by atoms with Gasteiger partial charge in [0.1, 0.15) is 5.75 Å². The van der Waals surface area contributed by atoms with Crippen LogP contribution in [-0.4, -0.2) is 23.0 Å². The Balaban J connectivity index is 1.37. The van der Waals surface area contributed by atoms with Crippen molar-refractivity contribution in [1.82, 2.24) is 9.88 Å². The van der Waals surface area contributed by atoms with Gasteiger partial charge >= 0.3 is 0 Å². The summed E-state index contributed by atoms with van der Waals surface area (Å²) in [7, 11) is 0. The minimum Gasteiger partial charge on any atom is -0.482 e. The largest absolute Gasteiger partial charge is 0.482 e. The summed E-state index contributed by atoms with van der Waals surface area (Å²) in [5.74, 6) is 0.0645. The first-order chi connectivity index (χ1) is 14.1. The highest BCUT2D eigenvalue weighted by Gasteiger charge is 2.17. The molecule has 0 spiro atoms. The molecule has 29 heavy (non-hydrogen) atoms. The molecule has 2 aromatic carbocycles. The molecule has 4 rings (SSSR count).